The second kappa shape index (κ2) is 22.9. The average Bonchev–Trinajstić information content (AvgIpc) is 3.97. The van der Waals surface area contributed by atoms with Crippen molar-refractivity contribution in [3.63, 3.8) is 0 Å². The van der Waals surface area contributed by atoms with Crippen molar-refractivity contribution >= 4 is 74.3 Å². The summed E-state index contributed by atoms with van der Waals surface area (Å²) in [5.41, 5.74) is 6.70. The normalized spacial score (nSPS) is 17.6. The van der Waals surface area contributed by atoms with Crippen molar-refractivity contribution in [3.8, 4) is 0 Å². The number of fused-ring (bicyclic) bond motifs is 2. The van der Waals surface area contributed by atoms with Crippen molar-refractivity contribution in [2.75, 3.05) is 46.6 Å². The number of hydrogen-bond acceptors (Lipinski definition) is 12. The molecule has 2 aliphatic carbocycles. The quantitative estimate of drug-likeness (QED) is 0.0891. The summed E-state index contributed by atoms with van der Waals surface area (Å²) < 4.78 is 3.50. The van der Waals surface area contributed by atoms with Gasteiger partial charge in [-0.25, -0.2) is 29.0 Å². The monoisotopic (exact) mass is 963 g/mol. The first kappa shape index (κ1) is 46.6. The molecule has 322 valence electrons. The second-order valence-corrected chi connectivity index (χ2v) is 16.5. The van der Waals surface area contributed by atoms with Gasteiger partial charge in [-0.3, -0.25) is 0 Å². The van der Waals surface area contributed by atoms with Crippen LogP contribution in [0.15, 0.2) is 73.8 Å². The molecule has 2 saturated carbocycles. The molecule has 4 aliphatic rings. The first-order valence-electron chi connectivity index (χ1n) is 21.4. The zero-order chi connectivity index (χ0) is 40.4. The minimum Gasteiger partial charge on any atom is -0.393 e. The summed E-state index contributed by atoms with van der Waals surface area (Å²) in [4.78, 5) is 22.3. The molecule has 10 rings (SSSR count). The van der Waals surface area contributed by atoms with Gasteiger partial charge < -0.3 is 37.1 Å². The molecule has 14 nitrogen and oxygen atoms in total. The molecule has 0 radical (unpaired) electrons. The third kappa shape index (κ3) is 12.6. The number of rotatable bonds is 7. The molecule has 0 bridgehead atoms. The van der Waals surface area contributed by atoms with Gasteiger partial charge in [0.1, 0.15) is 24.3 Å². The topological polar surface area (TPSA) is 157 Å². The summed E-state index contributed by atoms with van der Waals surface area (Å²) in [5.74, 6) is 2.11. The fourth-order valence-electron chi connectivity index (χ4n) is 8.40. The van der Waals surface area contributed by atoms with Crippen LogP contribution in [0.4, 0.5) is 34.4 Å². The zero-order valence-corrected chi connectivity index (χ0v) is 40.3. The van der Waals surface area contributed by atoms with E-state index in [0.717, 1.165) is 86.1 Å². The molecule has 0 aromatic carbocycles. The number of hydrogen-bond donors (Lipinski definition) is 4. The molecule has 6 aromatic heterocycles. The van der Waals surface area contributed by atoms with Crippen LogP contribution >= 0.6 is 28.6 Å². The third-order valence-corrected chi connectivity index (χ3v) is 12.0. The fourth-order valence-corrected chi connectivity index (χ4v) is 8.60. The molecule has 61 heavy (non-hydrogen) atoms. The SMILES string of the molecule is Br.OC1CCN(c2ccc(Nc3cc(C4CCCCC4)cn4ncnc34)nc2)CC1.OC1CCN(c2ccc(Nc3cc(Cl)cn4ncnc34)nc2)CC1.[CH-]1CCCCC1.[Zn]. The molecule has 4 N–H and O–H groups in total. The number of nitrogens with one attached hydrogen (secondary N) is 2. The Morgan fingerprint density at radius 3 is 1.56 bits per heavy atom. The molecule has 0 atom stereocenters. The molecule has 6 aromatic rings. The Kier molecular flexibility index (Phi) is 17.5. The Bertz CT molecular complexity index is 2210. The number of nitrogens with zero attached hydrogens (tertiary/aromatic N) is 10. The van der Waals surface area contributed by atoms with E-state index in [1.807, 2.05) is 35.1 Å². The van der Waals surface area contributed by atoms with Crippen LogP contribution in [0.25, 0.3) is 11.3 Å². The van der Waals surface area contributed by atoms with Gasteiger partial charge >= 0.3 is 0 Å². The van der Waals surface area contributed by atoms with E-state index in [0.29, 0.717) is 22.4 Å². The number of aromatic nitrogens is 8. The van der Waals surface area contributed by atoms with E-state index in [9.17, 15) is 10.2 Å². The summed E-state index contributed by atoms with van der Waals surface area (Å²) in [6.07, 6.45) is 29.5. The number of aliphatic hydroxyl groups is 2. The van der Waals surface area contributed by atoms with E-state index in [-0.39, 0.29) is 48.7 Å². The summed E-state index contributed by atoms with van der Waals surface area (Å²) in [5, 5.41) is 35.0. The first-order chi connectivity index (χ1) is 28.9. The van der Waals surface area contributed by atoms with Crippen molar-refractivity contribution in [2.24, 2.45) is 0 Å². The Balaban J connectivity index is 0.000000176. The molecule has 4 fully saturated rings. The molecule has 0 unspecified atom stereocenters. The van der Waals surface area contributed by atoms with Crippen molar-refractivity contribution in [1.82, 2.24) is 39.2 Å². The molecule has 8 heterocycles. The number of aliphatic hydroxyl groups excluding tert-OH is 2. The number of pyridine rings is 4. The standard InChI is InChI=1S/C22H28N6O.C16H17ClN6O.C6H11.BrH.Zn/c29-19-8-10-27(11-9-19)18-6-7-21(23-13-18)26-20-12-17(16-4-2-1-3-5-16)14-28-22(20)24-15-25-28;17-11-7-14(16-19-10-20-23(16)9-11)21-15-2-1-12(8-18-15)22-5-3-13(24)4-6-22;1-2-4-6-5-3-1;;/h6-7,12-16,19,29H,1-5,8-11H2,(H,23,26);1-2,7-10,13,24H,3-6H2,(H,18,21);1H,2-6H2;1H;/q;;-1;;. The van der Waals surface area contributed by atoms with Crippen LogP contribution in [0.5, 0.6) is 0 Å². The molecule has 2 saturated heterocycles. The molecule has 0 spiro atoms. The first-order valence-corrected chi connectivity index (χ1v) is 21.8. The number of anilines is 6. The zero-order valence-electron chi connectivity index (χ0n) is 34.8. The Hall–Kier alpha value is -3.95. The minimum atomic E-state index is -0.177. The summed E-state index contributed by atoms with van der Waals surface area (Å²) in [6, 6.07) is 12.1. The van der Waals surface area contributed by atoms with E-state index in [1.165, 1.54) is 76.1 Å². The minimum absolute atomic E-state index is 0. The van der Waals surface area contributed by atoms with Gasteiger partial charge in [0.05, 0.1) is 52.4 Å². The van der Waals surface area contributed by atoms with Crippen LogP contribution < -0.4 is 20.4 Å². The van der Waals surface area contributed by atoms with Gasteiger partial charge in [-0.05, 0) is 86.4 Å². The van der Waals surface area contributed by atoms with E-state index < -0.39 is 0 Å². The maximum atomic E-state index is 9.70. The molecular weight excluding hydrogens is 909 g/mol. The van der Waals surface area contributed by atoms with Crippen molar-refractivity contribution in [1.29, 1.82) is 0 Å². The Morgan fingerprint density at radius 2 is 1.10 bits per heavy atom. The van der Waals surface area contributed by atoms with Crippen LogP contribution in [0.1, 0.15) is 101 Å². The van der Waals surface area contributed by atoms with Gasteiger partial charge in [0.15, 0.2) is 11.3 Å². The molecule has 2 aliphatic heterocycles. The van der Waals surface area contributed by atoms with Gasteiger partial charge in [0.2, 0.25) is 0 Å². The smallest absolute Gasteiger partial charge is 0.178 e. The summed E-state index contributed by atoms with van der Waals surface area (Å²) >= 11 is 6.11. The number of halogens is 2. The fraction of sp³-hybridized carbons (Fsp3) is 0.477. The number of piperidine rings is 2. The van der Waals surface area contributed by atoms with E-state index in [2.05, 4.69) is 75.3 Å². The second-order valence-electron chi connectivity index (χ2n) is 16.1. The maximum absolute atomic E-state index is 9.70. The van der Waals surface area contributed by atoms with Crippen molar-refractivity contribution in [3.05, 3.63) is 90.8 Å². The van der Waals surface area contributed by atoms with Crippen molar-refractivity contribution in [2.45, 2.75) is 108 Å². The average molecular weight is 967 g/mol. The van der Waals surface area contributed by atoms with Gasteiger partial charge in [-0.15, -0.1) is 17.0 Å². The summed E-state index contributed by atoms with van der Waals surface area (Å²) in [6.45, 7) is 3.45. The van der Waals surface area contributed by atoms with Crippen LogP contribution in [0.2, 0.25) is 5.02 Å². The maximum Gasteiger partial charge on any atom is 0.178 e. The largest absolute Gasteiger partial charge is 0.393 e. The van der Waals surface area contributed by atoms with Crippen LogP contribution in [-0.4, -0.2) is 87.8 Å². The molecule has 17 heteroatoms. The van der Waals surface area contributed by atoms with E-state index in [4.69, 9.17) is 11.6 Å². The third-order valence-electron chi connectivity index (χ3n) is 11.8. The van der Waals surface area contributed by atoms with Crippen LogP contribution in [0, 0.1) is 6.42 Å². The van der Waals surface area contributed by atoms with E-state index >= 15 is 0 Å². The van der Waals surface area contributed by atoms with Crippen LogP contribution in [-0.2, 0) is 19.5 Å². The van der Waals surface area contributed by atoms with Crippen molar-refractivity contribution < 1.29 is 29.7 Å². The van der Waals surface area contributed by atoms with Gasteiger partial charge in [-0.1, -0.05) is 50.1 Å². The molecular formula is C44H57BrClN12O2Zn-. The van der Waals surface area contributed by atoms with Gasteiger partial charge in [-0.2, -0.15) is 23.0 Å². The van der Waals surface area contributed by atoms with E-state index in [1.54, 1.807) is 23.1 Å². The predicted molar refractivity (Wildman–Crippen MR) is 244 cm³/mol. The van der Waals surface area contributed by atoms with Gasteiger partial charge in [0.25, 0.3) is 0 Å². The molecule has 0 amide bonds. The van der Waals surface area contributed by atoms with Gasteiger partial charge in [0, 0.05) is 58.1 Å². The Labute approximate surface area is 386 Å². The van der Waals surface area contributed by atoms with Crippen LogP contribution in [0.3, 0.4) is 0 Å². The Morgan fingerprint density at radius 1 is 0.607 bits per heavy atom. The summed E-state index contributed by atoms with van der Waals surface area (Å²) in [7, 11) is 0. The predicted octanol–water partition coefficient (Wildman–Crippen LogP) is 9.09.